The molecule has 0 bridgehead atoms. The van der Waals surface area contributed by atoms with E-state index in [4.69, 9.17) is 4.74 Å². The van der Waals surface area contributed by atoms with Gasteiger partial charge in [-0.3, -0.25) is 9.69 Å². The number of aliphatic hydroxyl groups excluding tert-OH is 1. The number of anilines is 2. The SMILES string of the molecule is O=C(NC[C@H](O)CN1CCc2ccccc2C1)c1cc(NC2COC2)nc(N2CCCC2)n1. The van der Waals surface area contributed by atoms with Crippen molar-refractivity contribution in [1.82, 2.24) is 20.2 Å². The number of nitrogens with zero attached hydrogens (tertiary/aromatic N) is 4. The van der Waals surface area contributed by atoms with Crippen LogP contribution in [0.4, 0.5) is 11.8 Å². The first-order valence-electron chi connectivity index (χ1n) is 11.9. The Morgan fingerprint density at radius 1 is 1.15 bits per heavy atom. The monoisotopic (exact) mass is 452 g/mol. The Morgan fingerprint density at radius 3 is 2.70 bits per heavy atom. The molecular weight excluding hydrogens is 420 g/mol. The summed E-state index contributed by atoms with van der Waals surface area (Å²) in [6.07, 6.45) is 2.54. The molecule has 1 atom stereocenters. The number of carbonyl (C=O) groups is 1. The number of benzene rings is 1. The number of aromatic nitrogens is 2. The first-order chi connectivity index (χ1) is 16.1. The predicted octanol–water partition coefficient (Wildman–Crippen LogP) is 1.04. The summed E-state index contributed by atoms with van der Waals surface area (Å²) in [6, 6.07) is 10.3. The van der Waals surface area contributed by atoms with Gasteiger partial charge < -0.3 is 25.4 Å². The second-order valence-electron chi connectivity index (χ2n) is 9.13. The van der Waals surface area contributed by atoms with Crippen molar-refractivity contribution in [3.8, 4) is 0 Å². The number of carbonyl (C=O) groups excluding carboxylic acids is 1. The highest BCUT2D eigenvalue weighted by Crippen LogP contribution is 2.21. The van der Waals surface area contributed by atoms with Gasteiger partial charge in [0.1, 0.15) is 11.5 Å². The molecule has 3 aliphatic rings. The van der Waals surface area contributed by atoms with Crippen molar-refractivity contribution in [1.29, 1.82) is 0 Å². The number of nitrogens with one attached hydrogen (secondary N) is 2. The summed E-state index contributed by atoms with van der Waals surface area (Å²) in [5.41, 5.74) is 3.01. The van der Waals surface area contributed by atoms with Crippen molar-refractivity contribution in [2.75, 3.05) is 56.2 Å². The molecule has 5 rings (SSSR count). The van der Waals surface area contributed by atoms with Gasteiger partial charge in [-0.25, -0.2) is 4.98 Å². The lowest BCUT2D eigenvalue weighted by atomic mass is 10.00. The molecule has 1 amide bonds. The molecule has 0 unspecified atom stereocenters. The Balaban J connectivity index is 1.19. The number of hydrogen-bond donors (Lipinski definition) is 3. The third-order valence-corrected chi connectivity index (χ3v) is 6.50. The summed E-state index contributed by atoms with van der Waals surface area (Å²) in [7, 11) is 0. The smallest absolute Gasteiger partial charge is 0.270 e. The van der Waals surface area contributed by atoms with Crippen LogP contribution < -0.4 is 15.5 Å². The van der Waals surface area contributed by atoms with Gasteiger partial charge in [0.15, 0.2) is 0 Å². The highest BCUT2D eigenvalue weighted by Gasteiger charge is 2.23. The van der Waals surface area contributed by atoms with Gasteiger partial charge in [0.25, 0.3) is 5.91 Å². The van der Waals surface area contributed by atoms with Gasteiger partial charge in [0.05, 0.1) is 25.4 Å². The van der Waals surface area contributed by atoms with Crippen LogP contribution in [0, 0.1) is 0 Å². The first-order valence-corrected chi connectivity index (χ1v) is 11.9. The van der Waals surface area contributed by atoms with Crippen molar-refractivity contribution < 1.29 is 14.6 Å². The van der Waals surface area contributed by atoms with Crippen molar-refractivity contribution in [2.45, 2.75) is 38.0 Å². The third kappa shape index (κ3) is 5.43. The van der Waals surface area contributed by atoms with E-state index >= 15 is 0 Å². The Bertz CT molecular complexity index is 976. The second kappa shape index (κ2) is 10.0. The zero-order valence-electron chi connectivity index (χ0n) is 18.9. The number of hydrogen-bond acceptors (Lipinski definition) is 8. The van der Waals surface area contributed by atoms with Gasteiger partial charge in [0.2, 0.25) is 5.95 Å². The van der Waals surface area contributed by atoms with Crippen molar-refractivity contribution in [3.63, 3.8) is 0 Å². The molecule has 0 saturated carbocycles. The predicted molar refractivity (Wildman–Crippen MR) is 125 cm³/mol. The van der Waals surface area contributed by atoms with E-state index in [1.807, 2.05) is 0 Å². The van der Waals surface area contributed by atoms with E-state index in [9.17, 15) is 9.90 Å². The number of ether oxygens (including phenoxy) is 1. The molecular formula is C24H32N6O3. The molecule has 0 aliphatic carbocycles. The van der Waals surface area contributed by atoms with Gasteiger partial charge in [0, 0.05) is 45.3 Å². The van der Waals surface area contributed by atoms with Crippen LogP contribution in [0.25, 0.3) is 0 Å². The van der Waals surface area contributed by atoms with Crippen molar-refractivity contribution in [3.05, 3.63) is 47.2 Å². The molecule has 9 nitrogen and oxygen atoms in total. The molecule has 3 N–H and O–H groups in total. The van der Waals surface area contributed by atoms with E-state index in [2.05, 4.69) is 54.7 Å². The van der Waals surface area contributed by atoms with Gasteiger partial charge in [-0.15, -0.1) is 0 Å². The maximum absolute atomic E-state index is 12.9. The minimum absolute atomic E-state index is 0.180. The average molecular weight is 453 g/mol. The maximum Gasteiger partial charge on any atom is 0.270 e. The summed E-state index contributed by atoms with van der Waals surface area (Å²) < 4.78 is 5.23. The lowest BCUT2D eigenvalue weighted by Crippen LogP contribution is -2.42. The molecule has 2 fully saturated rings. The van der Waals surface area contributed by atoms with Crippen molar-refractivity contribution >= 4 is 17.7 Å². The average Bonchev–Trinajstić information content (AvgIpc) is 3.35. The fourth-order valence-corrected chi connectivity index (χ4v) is 4.59. The van der Waals surface area contributed by atoms with Crippen LogP contribution in [0.15, 0.2) is 30.3 Å². The molecule has 9 heteroatoms. The van der Waals surface area contributed by atoms with Crippen LogP contribution in [0.5, 0.6) is 0 Å². The van der Waals surface area contributed by atoms with E-state index in [1.165, 1.54) is 11.1 Å². The van der Waals surface area contributed by atoms with Gasteiger partial charge in [-0.2, -0.15) is 4.98 Å². The standard InChI is InChI=1S/C24H32N6O3/c31-20(14-29-10-7-17-5-1-2-6-18(17)13-29)12-25-23(32)21-11-22(26-19-15-33-16-19)28-24(27-21)30-8-3-4-9-30/h1-2,5-6,11,19-20,31H,3-4,7-10,12-16H2,(H,25,32)(H,26,27,28)/t20-/m0/s1. The fraction of sp³-hybridized carbons (Fsp3) is 0.542. The zero-order valence-corrected chi connectivity index (χ0v) is 18.9. The van der Waals surface area contributed by atoms with Crippen molar-refractivity contribution in [2.24, 2.45) is 0 Å². The molecule has 0 radical (unpaired) electrons. The van der Waals surface area contributed by atoms with Crippen LogP contribution in [0.1, 0.15) is 34.5 Å². The molecule has 0 spiro atoms. The van der Waals surface area contributed by atoms with Gasteiger partial charge in [-0.1, -0.05) is 24.3 Å². The molecule has 2 aromatic rings. The Labute approximate surface area is 194 Å². The van der Waals surface area contributed by atoms with E-state index < -0.39 is 6.10 Å². The van der Waals surface area contributed by atoms with Gasteiger partial charge >= 0.3 is 0 Å². The summed E-state index contributed by atoms with van der Waals surface area (Å²) in [5, 5.41) is 16.7. The number of rotatable bonds is 8. The molecule has 1 aromatic carbocycles. The van der Waals surface area contributed by atoms with E-state index in [1.54, 1.807) is 6.07 Å². The van der Waals surface area contributed by atoms with Crippen LogP contribution in [-0.4, -0.2) is 84.0 Å². The summed E-state index contributed by atoms with van der Waals surface area (Å²) in [6.45, 7) is 5.50. The number of amides is 1. The van der Waals surface area contributed by atoms with Crippen LogP contribution >= 0.6 is 0 Å². The highest BCUT2D eigenvalue weighted by molar-refractivity contribution is 5.93. The van der Waals surface area contributed by atoms with Crippen LogP contribution in [-0.2, 0) is 17.7 Å². The quantitative estimate of drug-likeness (QED) is 0.546. The topological polar surface area (TPSA) is 103 Å². The molecule has 33 heavy (non-hydrogen) atoms. The van der Waals surface area contributed by atoms with Gasteiger partial charge in [-0.05, 0) is 30.4 Å². The minimum atomic E-state index is -0.649. The molecule has 4 heterocycles. The van der Waals surface area contributed by atoms with E-state index in [0.717, 1.165) is 45.4 Å². The molecule has 1 aromatic heterocycles. The van der Waals surface area contributed by atoms with E-state index in [0.29, 0.717) is 37.2 Å². The molecule has 3 aliphatic heterocycles. The summed E-state index contributed by atoms with van der Waals surface area (Å²) >= 11 is 0. The van der Waals surface area contributed by atoms with Crippen LogP contribution in [0.3, 0.4) is 0 Å². The van der Waals surface area contributed by atoms with Crippen LogP contribution in [0.2, 0.25) is 0 Å². The molecule has 2 saturated heterocycles. The Kier molecular flexibility index (Phi) is 6.70. The largest absolute Gasteiger partial charge is 0.390 e. The second-order valence-corrected chi connectivity index (χ2v) is 9.13. The zero-order chi connectivity index (χ0) is 22.6. The fourth-order valence-electron chi connectivity index (χ4n) is 4.59. The maximum atomic E-state index is 12.9. The first kappa shape index (κ1) is 22.1. The minimum Gasteiger partial charge on any atom is -0.390 e. The normalized spacial score (nSPS) is 19.6. The van der Waals surface area contributed by atoms with E-state index in [-0.39, 0.29) is 18.5 Å². The number of aliphatic hydroxyl groups is 1. The lowest BCUT2D eigenvalue weighted by molar-refractivity contribution is 0.0209. The number of β-amino-alcohol motifs (C(OH)–C–C–N with tert-alkyl or cyclic N) is 1. The highest BCUT2D eigenvalue weighted by atomic mass is 16.5. The number of fused-ring (bicyclic) bond motifs is 1. The lowest BCUT2D eigenvalue weighted by Gasteiger charge is -2.30. The Hall–Kier alpha value is -2.75. The molecule has 176 valence electrons. The Morgan fingerprint density at radius 2 is 1.94 bits per heavy atom. The summed E-state index contributed by atoms with van der Waals surface area (Å²) in [5.74, 6) is 0.919. The summed E-state index contributed by atoms with van der Waals surface area (Å²) in [4.78, 5) is 26.4. The third-order valence-electron chi connectivity index (χ3n) is 6.50.